The summed E-state index contributed by atoms with van der Waals surface area (Å²) in [6, 6.07) is 4.96. The van der Waals surface area contributed by atoms with Crippen molar-refractivity contribution in [3.05, 3.63) is 39.9 Å². The van der Waals surface area contributed by atoms with Crippen molar-refractivity contribution in [3.8, 4) is 0 Å². The molecule has 0 radical (unpaired) electrons. The molecule has 0 bridgehead atoms. The van der Waals surface area contributed by atoms with Crippen LogP contribution in [0.25, 0.3) is 0 Å². The summed E-state index contributed by atoms with van der Waals surface area (Å²) in [7, 11) is -3.40. The van der Waals surface area contributed by atoms with Gasteiger partial charge in [-0.25, -0.2) is 8.42 Å². The van der Waals surface area contributed by atoms with Gasteiger partial charge in [-0.2, -0.15) is 4.31 Å². The molecule has 0 spiro atoms. The molecule has 5 heteroatoms. The van der Waals surface area contributed by atoms with Gasteiger partial charge in [0.25, 0.3) is 0 Å². The van der Waals surface area contributed by atoms with Gasteiger partial charge in [0.1, 0.15) is 0 Å². The van der Waals surface area contributed by atoms with Crippen LogP contribution in [0.3, 0.4) is 0 Å². The Balaban J connectivity index is 1.81. The van der Waals surface area contributed by atoms with E-state index < -0.39 is 10.0 Å². The van der Waals surface area contributed by atoms with E-state index in [0.29, 0.717) is 23.0 Å². The maximum Gasteiger partial charge on any atom is 0.243 e. The van der Waals surface area contributed by atoms with Gasteiger partial charge < -0.3 is 0 Å². The third-order valence-corrected chi connectivity index (χ3v) is 6.41. The van der Waals surface area contributed by atoms with Crippen LogP contribution in [0.2, 0.25) is 5.02 Å². The Morgan fingerprint density at radius 3 is 2.20 bits per heavy atom. The van der Waals surface area contributed by atoms with E-state index in [1.54, 1.807) is 28.1 Å². The first-order valence-corrected chi connectivity index (χ1v) is 8.76. The predicted molar refractivity (Wildman–Crippen MR) is 80.4 cm³/mol. The fourth-order valence-corrected chi connectivity index (χ4v) is 4.36. The first-order valence-electron chi connectivity index (χ1n) is 6.94. The number of hydrogen-bond acceptors (Lipinski definition) is 2. The lowest BCUT2D eigenvalue weighted by atomic mass is 10.1. The van der Waals surface area contributed by atoms with Crippen molar-refractivity contribution in [1.82, 2.24) is 4.31 Å². The zero-order valence-corrected chi connectivity index (χ0v) is 13.1. The van der Waals surface area contributed by atoms with Crippen molar-refractivity contribution >= 4 is 21.6 Å². The van der Waals surface area contributed by atoms with Gasteiger partial charge in [0.15, 0.2) is 0 Å². The first kappa shape index (κ1) is 14.1. The quantitative estimate of drug-likeness (QED) is 0.784. The lowest BCUT2D eigenvalue weighted by Crippen LogP contribution is -2.36. The standard InChI is InChI=1S/C15H18ClNO2S/c1-11-2-5-14(10-15(11)16)20(18,19)17-8-6-13(7-9-17)12-3-4-12/h2,5,10H,3-4,6-9H2,1H3. The minimum absolute atomic E-state index is 0.302. The van der Waals surface area contributed by atoms with E-state index in [2.05, 4.69) is 0 Å². The van der Waals surface area contributed by atoms with Crippen LogP contribution in [-0.4, -0.2) is 25.8 Å². The molecule has 0 N–H and O–H groups in total. The highest BCUT2D eigenvalue weighted by atomic mass is 35.5. The van der Waals surface area contributed by atoms with Crippen molar-refractivity contribution in [3.63, 3.8) is 0 Å². The minimum atomic E-state index is -3.40. The van der Waals surface area contributed by atoms with E-state index in [-0.39, 0.29) is 0 Å². The van der Waals surface area contributed by atoms with E-state index in [9.17, 15) is 8.42 Å². The molecule has 1 saturated carbocycles. The minimum Gasteiger partial charge on any atom is -0.207 e. The average molecular weight is 312 g/mol. The summed E-state index contributed by atoms with van der Waals surface area (Å²) in [5.74, 6) is 0. The number of hydrogen-bond donors (Lipinski definition) is 0. The molecule has 1 aliphatic heterocycles. The lowest BCUT2D eigenvalue weighted by molar-refractivity contribution is 0.386. The molecule has 1 heterocycles. The van der Waals surface area contributed by atoms with E-state index in [0.717, 1.165) is 18.4 Å². The number of allylic oxidation sites excluding steroid dienone is 1. The Morgan fingerprint density at radius 1 is 1.05 bits per heavy atom. The van der Waals surface area contributed by atoms with Crippen molar-refractivity contribution in [2.24, 2.45) is 0 Å². The zero-order valence-electron chi connectivity index (χ0n) is 11.5. The van der Waals surface area contributed by atoms with Crippen LogP contribution in [0.4, 0.5) is 0 Å². The van der Waals surface area contributed by atoms with E-state index >= 15 is 0 Å². The number of piperidine rings is 1. The summed E-state index contributed by atoms with van der Waals surface area (Å²) < 4.78 is 26.8. The molecule has 108 valence electrons. The van der Waals surface area contributed by atoms with Crippen LogP contribution in [0.5, 0.6) is 0 Å². The SMILES string of the molecule is Cc1ccc(S(=O)(=O)N2CCC(=C3CC3)CC2)cc1Cl. The highest BCUT2D eigenvalue weighted by Crippen LogP contribution is 2.37. The molecule has 0 aromatic heterocycles. The van der Waals surface area contributed by atoms with Crippen LogP contribution >= 0.6 is 11.6 Å². The Labute approximate surface area is 125 Å². The zero-order chi connectivity index (χ0) is 14.3. The van der Waals surface area contributed by atoms with E-state index in [1.165, 1.54) is 18.4 Å². The second-order valence-corrected chi connectivity index (χ2v) is 7.87. The fraction of sp³-hybridized carbons (Fsp3) is 0.467. The molecule has 1 saturated heterocycles. The van der Waals surface area contributed by atoms with Gasteiger partial charge in [0, 0.05) is 18.1 Å². The van der Waals surface area contributed by atoms with Gasteiger partial charge >= 0.3 is 0 Å². The van der Waals surface area contributed by atoms with Crippen molar-refractivity contribution in [1.29, 1.82) is 0 Å². The number of halogens is 1. The Kier molecular flexibility index (Phi) is 3.65. The van der Waals surface area contributed by atoms with Crippen molar-refractivity contribution in [2.75, 3.05) is 13.1 Å². The maximum absolute atomic E-state index is 12.6. The Hall–Kier alpha value is -0.840. The number of sulfonamides is 1. The number of rotatable bonds is 2. The highest BCUT2D eigenvalue weighted by molar-refractivity contribution is 7.89. The smallest absolute Gasteiger partial charge is 0.207 e. The molecule has 2 fully saturated rings. The van der Waals surface area contributed by atoms with Gasteiger partial charge in [-0.05, 0) is 50.3 Å². The van der Waals surface area contributed by atoms with Gasteiger partial charge in [0.05, 0.1) is 4.90 Å². The number of nitrogens with zero attached hydrogens (tertiary/aromatic N) is 1. The lowest BCUT2D eigenvalue weighted by Gasteiger charge is -2.28. The monoisotopic (exact) mass is 311 g/mol. The third-order valence-electron chi connectivity index (χ3n) is 4.11. The van der Waals surface area contributed by atoms with E-state index in [4.69, 9.17) is 11.6 Å². The molecule has 0 atom stereocenters. The molecule has 1 aromatic rings. The molecular formula is C15H18ClNO2S. The molecular weight excluding hydrogens is 294 g/mol. The van der Waals surface area contributed by atoms with Gasteiger partial charge in [-0.15, -0.1) is 0 Å². The molecule has 3 nitrogen and oxygen atoms in total. The predicted octanol–water partition coefficient (Wildman–Crippen LogP) is 3.52. The molecule has 1 aromatic carbocycles. The molecule has 3 rings (SSSR count). The Bertz CT molecular complexity index is 663. The maximum atomic E-state index is 12.6. The summed E-state index contributed by atoms with van der Waals surface area (Å²) in [6.45, 7) is 3.05. The van der Waals surface area contributed by atoms with Crippen LogP contribution in [0.1, 0.15) is 31.2 Å². The van der Waals surface area contributed by atoms with Crippen LogP contribution in [0.15, 0.2) is 34.2 Å². The summed E-state index contributed by atoms with van der Waals surface area (Å²) in [5.41, 5.74) is 3.93. The van der Waals surface area contributed by atoms with Gasteiger partial charge in [-0.3, -0.25) is 0 Å². The molecule has 1 aliphatic carbocycles. The van der Waals surface area contributed by atoms with Crippen LogP contribution < -0.4 is 0 Å². The molecule has 0 amide bonds. The van der Waals surface area contributed by atoms with Crippen LogP contribution in [0, 0.1) is 6.92 Å². The summed E-state index contributed by atoms with van der Waals surface area (Å²) in [6.07, 6.45) is 4.20. The summed E-state index contributed by atoms with van der Waals surface area (Å²) in [5, 5.41) is 0.504. The summed E-state index contributed by atoms with van der Waals surface area (Å²) >= 11 is 6.04. The van der Waals surface area contributed by atoms with Crippen molar-refractivity contribution < 1.29 is 8.42 Å². The molecule has 0 unspecified atom stereocenters. The van der Waals surface area contributed by atoms with Gasteiger partial charge in [-0.1, -0.05) is 28.8 Å². The molecule has 2 aliphatic rings. The second kappa shape index (κ2) is 5.17. The highest BCUT2D eigenvalue weighted by Gasteiger charge is 2.29. The van der Waals surface area contributed by atoms with Crippen LogP contribution in [-0.2, 0) is 10.0 Å². The fourth-order valence-electron chi connectivity index (χ4n) is 2.65. The largest absolute Gasteiger partial charge is 0.243 e. The number of benzene rings is 1. The average Bonchev–Trinajstić information content (AvgIpc) is 3.26. The van der Waals surface area contributed by atoms with Crippen molar-refractivity contribution in [2.45, 2.75) is 37.5 Å². The first-order chi connectivity index (χ1) is 9.48. The molecule has 20 heavy (non-hydrogen) atoms. The van der Waals surface area contributed by atoms with Gasteiger partial charge in [0.2, 0.25) is 10.0 Å². The second-order valence-electron chi connectivity index (χ2n) is 5.52. The van der Waals surface area contributed by atoms with E-state index in [1.807, 2.05) is 6.92 Å². The summed E-state index contributed by atoms with van der Waals surface area (Å²) in [4.78, 5) is 0.302. The number of aryl methyl sites for hydroxylation is 1. The Morgan fingerprint density at radius 2 is 1.65 bits per heavy atom. The third kappa shape index (κ3) is 2.65. The normalized spacial score (nSPS) is 20.3. The topological polar surface area (TPSA) is 37.4 Å².